The van der Waals surface area contributed by atoms with Crippen LogP contribution >= 0.6 is 23.6 Å². The number of carbonyl (C=O) groups excluding carboxylic acids is 1. The Kier molecular flexibility index (Phi) is 4.46. The van der Waals surface area contributed by atoms with Crippen molar-refractivity contribution in [1.82, 2.24) is 4.98 Å². The monoisotopic (exact) mass is 305 g/mol. The second kappa shape index (κ2) is 6.11. The molecule has 0 unspecified atom stereocenters. The van der Waals surface area contributed by atoms with Gasteiger partial charge in [-0.15, -0.1) is 11.3 Å². The van der Waals surface area contributed by atoms with Crippen molar-refractivity contribution in [3.63, 3.8) is 0 Å². The quantitative estimate of drug-likeness (QED) is 0.852. The molecule has 1 aromatic carbocycles. The Morgan fingerprint density at radius 1 is 1.40 bits per heavy atom. The zero-order valence-electron chi connectivity index (χ0n) is 11.3. The first kappa shape index (κ1) is 14.6. The summed E-state index contributed by atoms with van der Waals surface area (Å²) in [7, 11) is 0. The summed E-state index contributed by atoms with van der Waals surface area (Å²) in [6.07, 6.45) is 0.412. The molecule has 1 aromatic heterocycles. The number of anilines is 1. The van der Waals surface area contributed by atoms with Gasteiger partial charge in [0, 0.05) is 16.9 Å². The van der Waals surface area contributed by atoms with Gasteiger partial charge in [0.15, 0.2) is 5.13 Å². The van der Waals surface area contributed by atoms with Gasteiger partial charge in [0.1, 0.15) is 0 Å². The lowest BCUT2D eigenvalue weighted by Crippen LogP contribution is -2.18. The molecule has 0 aliphatic rings. The van der Waals surface area contributed by atoms with E-state index in [9.17, 15) is 4.79 Å². The van der Waals surface area contributed by atoms with Crippen LogP contribution in [0.3, 0.4) is 0 Å². The summed E-state index contributed by atoms with van der Waals surface area (Å²) in [5.41, 5.74) is 7.89. The Labute approximate surface area is 127 Å². The minimum absolute atomic E-state index is 0.189. The molecule has 0 radical (unpaired) electrons. The van der Waals surface area contributed by atoms with Gasteiger partial charge in [0.05, 0.1) is 10.7 Å². The topological polar surface area (TPSA) is 68.0 Å². The minimum Gasteiger partial charge on any atom is -0.393 e. The van der Waals surface area contributed by atoms with E-state index in [1.165, 1.54) is 11.3 Å². The Balaban J connectivity index is 2.22. The Hall–Kier alpha value is -1.79. The number of thiazole rings is 1. The standard InChI is InChI=1S/C14H15N3OS2/c1-8-9(2)20-14(16-8)17-13(18)11-6-4-3-5-10(11)7-12(15)19/h3-6H,7H2,1-2H3,(H2,15,19)(H,16,17,18). The summed E-state index contributed by atoms with van der Waals surface area (Å²) < 4.78 is 0. The third-order valence-corrected chi connectivity index (χ3v) is 4.01. The van der Waals surface area contributed by atoms with E-state index < -0.39 is 0 Å². The first-order chi connectivity index (χ1) is 9.47. The fourth-order valence-electron chi connectivity index (χ4n) is 1.77. The minimum atomic E-state index is -0.189. The van der Waals surface area contributed by atoms with Crippen molar-refractivity contribution in [2.75, 3.05) is 5.32 Å². The predicted octanol–water partition coefficient (Wildman–Crippen LogP) is 2.84. The molecule has 0 spiro atoms. The number of hydrogen-bond acceptors (Lipinski definition) is 4. The zero-order valence-corrected chi connectivity index (χ0v) is 12.9. The van der Waals surface area contributed by atoms with Crippen molar-refractivity contribution in [1.29, 1.82) is 0 Å². The van der Waals surface area contributed by atoms with Crippen molar-refractivity contribution in [2.45, 2.75) is 20.3 Å². The molecule has 0 atom stereocenters. The number of nitrogens with zero attached hydrogens (tertiary/aromatic N) is 1. The molecule has 0 aliphatic carbocycles. The average Bonchev–Trinajstić information content (AvgIpc) is 2.68. The van der Waals surface area contributed by atoms with Gasteiger partial charge in [-0.3, -0.25) is 10.1 Å². The largest absolute Gasteiger partial charge is 0.393 e. The number of aryl methyl sites for hydroxylation is 2. The number of rotatable bonds is 4. The SMILES string of the molecule is Cc1nc(NC(=O)c2ccccc2CC(N)=S)sc1C. The number of thiocarbonyl (C=S) groups is 1. The Bertz CT molecular complexity index is 645. The summed E-state index contributed by atoms with van der Waals surface area (Å²) in [5.74, 6) is -0.189. The first-order valence-electron chi connectivity index (χ1n) is 6.09. The summed E-state index contributed by atoms with van der Waals surface area (Å²) >= 11 is 6.37. The molecule has 1 amide bonds. The average molecular weight is 305 g/mol. The highest BCUT2D eigenvalue weighted by molar-refractivity contribution is 7.80. The van der Waals surface area contributed by atoms with Gasteiger partial charge in [-0.05, 0) is 25.5 Å². The molecule has 6 heteroatoms. The fraction of sp³-hybridized carbons (Fsp3) is 0.214. The lowest BCUT2D eigenvalue weighted by Gasteiger charge is -2.08. The molecule has 3 N–H and O–H groups in total. The Morgan fingerprint density at radius 3 is 2.70 bits per heavy atom. The van der Waals surface area contributed by atoms with Crippen molar-refractivity contribution >= 4 is 39.6 Å². The number of amides is 1. The highest BCUT2D eigenvalue weighted by Gasteiger charge is 2.13. The van der Waals surface area contributed by atoms with Crippen LogP contribution in [0.25, 0.3) is 0 Å². The van der Waals surface area contributed by atoms with Gasteiger partial charge in [-0.25, -0.2) is 4.98 Å². The molecular weight excluding hydrogens is 290 g/mol. The maximum absolute atomic E-state index is 12.3. The van der Waals surface area contributed by atoms with E-state index in [-0.39, 0.29) is 5.91 Å². The van der Waals surface area contributed by atoms with Crippen molar-refractivity contribution in [2.24, 2.45) is 5.73 Å². The van der Waals surface area contributed by atoms with E-state index in [1.807, 2.05) is 32.0 Å². The summed E-state index contributed by atoms with van der Waals surface area (Å²) in [5, 5.41) is 3.42. The zero-order chi connectivity index (χ0) is 14.7. The molecule has 20 heavy (non-hydrogen) atoms. The molecular formula is C14H15N3OS2. The molecule has 104 valence electrons. The second-order valence-electron chi connectivity index (χ2n) is 4.41. The molecule has 2 rings (SSSR count). The maximum atomic E-state index is 12.3. The van der Waals surface area contributed by atoms with Gasteiger partial charge in [-0.2, -0.15) is 0 Å². The lowest BCUT2D eigenvalue weighted by molar-refractivity contribution is 0.102. The van der Waals surface area contributed by atoms with E-state index >= 15 is 0 Å². The van der Waals surface area contributed by atoms with E-state index in [4.69, 9.17) is 18.0 Å². The van der Waals surface area contributed by atoms with Gasteiger partial charge >= 0.3 is 0 Å². The van der Waals surface area contributed by atoms with Gasteiger partial charge < -0.3 is 5.73 Å². The normalized spacial score (nSPS) is 10.3. The summed E-state index contributed by atoms with van der Waals surface area (Å²) in [4.78, 5) is 18.1. The number of nitrogens with one attached hydrogen (secondary N) is 1. The molecule has 2 aromatic rings. The van der Waals surface area contributed by atoms with E-state index in [0.29, 0.717) is 22.1 Å². The highest BCUT2D eigenvalue weighted by Crippen LogP contribution is 2.22. The van der Waals surface area contributed by atoms with E-state index in [1.54, 1.807) is 6.07 Å². The molecule has 0 fully saturated rings. The molecule has 0 saturated heterocycles. The molecule has 0 bridgehead atoms. The van der Waals surface area contributed by atoms with E-state index in [2.05, 4.69) is 10.3 Å². The van der Waals surface area contributed by atoms with Crippen molar-refractivity contribution in [3.05, 3.63) is 46.0 Å². The van der Waals surface area contributed by atoms with Crippen LogP contribution in [0.5, 0.6) is 0 Å². The second-order valence-corrected chi connectivity index (χ2v) is 6.14. The van der Waals surface area contributed by atoms with Crippen LogP contribution in [0, 0.1) is 13.8 Å². The van der Waals surface area contributed by atoms with Crippen LogP contribution in [0.2, 0.25) is 0 Å². The van der Waals surface area contributed by atoms with Crippen molar-refractivity contribution in [3.8, 4) is 0 Å². The van der Waals surface area contributed by atoms with Gasteiger partial charge in [0.2, 0.25) is 0 Å². The highest BCUT2D eigenvalue weighted by atomic mass is 32.1. The molecule has 1 heterocycles. The maximum Gasteiger partial charge on any atom is 0.257 e. The number of nitrogens with two attached hydrogens (primary N) is 1. The summed E-state index contributed by atoms with van der Waals surface area (Å²) in [6.45, 7) is 3.89. The Morgan fingerprint density at radius 2 is 2.10 bits per heavy atom. The lowest BCUT2D eigenvalue weighted by atomic mass is 10.0. The number of hydrogen-bond donors (Lipinski definition) is 2. The number of carbonyl (C=O) groups is 1. The molecule has 0 saturated carbocycles. The van der Waals surface area contributed by atoms with Crippen LogP contribution < -0.4 is 11.1 Å². The first-order valence-corrected chi connectivity index (χ1v) is 7.31. The van der Waals surface area contributed by atoms with Crippen LogP contribution in [0.15, 0.2) is 24.3 Å². The van der Waals surface area contributed by atoms with Crippen LogP contribution in [-0.4, -0.2) is 15.9 Å². The fourth-order valence-corrected chi connectivity index (χ4v) is 2.74. The third kappa shape index (κ3) is 3.40. The third-order valence-electron chi connectivity index (χ3n) is 2.88. The molecule has 0 aliphatic heterocycles. The molecule has 4 nitrogen and oxygen atoms in total. The van der Waals surface area contributed by atoms with Gasteiger partial charge in [0.25, 0.3) is 5.91 Å². The van der Waals surface area contributed by atoms with Crippen LogP contribution in [0.1, 0.15) is 26.5 Å². The van der Waals surface area contributed by atoms with E-state index in [0.717, 1.165) is 16.1 Å². The smallest absolute Gasteiger partial charge is 0.257 e. The number of benzene rings is 1. The van der Waals surface area contributed by atoms with Gasteiger partial charge in [-0.1, -0.05) is 30.4 Å². The summed E-state index contributed by atoms with van der Waals surface area (Å²) in [6, 6.07) is 7.29. The predicted molar refractivity (Wildman–Crippen MR) is 86.5 cm³/mol. The van der Waals surface area contributed by atoms with Crippen LogP contribution in [-0.2, 0) is 6.42 Å². The number of aromatic nitrogens is 1. The van der Waals surface area contributed by atoms with Crippen molar-refractivity contribution < 1.29 is 4.79 Å². The van der Waals surface area contributed by atoms with Crippen LogP contribution in [0.4, 0.5) is 5.13 Å².